The van der Waals surface area contributed by atoms with Crippen LogP contribution in [0, 0.1) is 20.8 Å². The van der Waals surface area contributed by atoms with E-state index in [-0.39, 0.29) is 10.6 Å². The molecule has 0 bridgehead atoms. The van der Waals surface area contributed by atoms with Gasteiger partial charge in [-0.15, -0.1) is 0 Å². The van der Waals surface area contributed by atoms with Crippen LogP contribution in [0.3, 0.4) is 0 Å². The zero-order valence-electron chi connectivity index (χ0n) is 19.1. The lowest BCUT2D eigenvalue weighted by Gasteiger charge is -2.12. The normalized spacial score (nSPS) is 14.1. The molecular weight excluding hydrogens is 442 g/mol. The van der Waals surface area contributed by atoms with E-state index < -0.39 is 28.5 Å². The van der Waals surface area contributed by atoms with Gasteiger partial charge in [0.25, 0.3) is 15.9 Å². The van der Waals surface area contributed by atoms with Gasteiger partial charge in [-0.25, -0.2) is 13.2 Å². The van der Waals surface area contributed by atoms with E-state index >= 15 is 0 Å². The molecule has 3 rings (SSSR count). The van der Waals surface area contributed by atoms with Crippen molar-refractivity contribution in [3.63, 3.8) is 0 Å². The lowest BCUT2D eigenvalue weighted by atomic mass is 10.00. The minimum atomic E-state index is -3.83. The number of nitrogens with zero attached hydrogens (tertiary/aromatic N) is 1. The van der Waals surface area contributed by atoms with Crippen LogP contribution in [0.15, 0.2) is 46.3 Å². The van der Waals surface area contributed by atoms with Crippen LogP contribution in [0.4, 0.5) is 5.69 Å². The number of amidine groups is 1. The van der Waals surface area contributed by atoms with Crippen LogP contribution in [0.2, 0.25) is 0 Å². The van der Waals surface area contributed by atoms with E-state index in [0.29, 0.717) is 24.4 Å². The van der Waals surface area contributed by atoms with Gasteiger partial charge in [0.2, 0.25) is 0 Å². The number of esters is 1. The number of hydrogen-bond donors (Lipinski definition) is 2. The van der Waals surface area contributed by atoms with E-state index in [9.17, 15) is 18.0 Å². The highest BCUT2D eigenvalue weighted by Crippen LogP contribution is 2.19. The number of anilines is 1. The Hall–Kier alpha value is -3.20. The summed E-state index contributed by atoms with van der Waals surface area (Å²) in [4.78, 5) is 29.1. The molecule has 0 aromatic heterocycles. The average Bonchev–Trinajstić information content (AvgIpc) is 3.00. The third kappa shape index (κ3) is 6.64. The van der Waals surface area contributed by atoms with Crippen LogP contribution in [0.25, 0.3) is 0 Å². The number of amides is 1. The zero-order valence-corrected chi connectivity index (χ0v) is 19.9. The quantitative estimate of drug-likeness (QED) is 0.624. The minimum Gasteiger partial charge on any atom is -0.452 e. The Morgan fingerprint density at radius 1 is 1.03 bits per heavy atom. The molecule has 1 aliphatic heterocycles. The number of benzene rings is 2. The van der Waals surface area contributed by atoms with E-state index in [1.54, 1.807) is 6.07 Å². The fourth-order valence-corrected chi connectivity index (χ4v) is 4.95. The Bertz CT molecular complexity index is 1170. The number of nitrogens with one attached hydrogen (secondary N) is 2. The van der Waals surface area contributed by atoms with Gasteiger partial charge in [0.05, 0.1) is 10.5 Å². The van der Waals surface area contributed by atoms with Crippen LogP contribution >= 0.6 is 0 Å². The van der Waals surface area contributed by atoms with Crippen LogP contribution in [-0.4, -0.2) is 39.3 Å². The van der Waals surface area contributed by atoms with Gasteiger partial charge in [-0.2, -0.15) is 0 Å². The second-order valence-electron chi connectivity index (χ2n) is 8.17. The monoisotopic (exact) mass is 471 g/mol. The Balaban J connectivity index is 1.62. The highest BCUT2D eigenvalue weighted by Gasteiger charge is 2.19. The lowest BCUT2D eigenvalue weighted by Crippen LogP contribution is -2.30. The number of rotatable bonds is 6. The minimum absolute atomic E-state index is 0.00940. The predicted octanol–water partition coefficient (Wildman–Crippen LogP) is 3.66. The van der Waals surface area contributed by atoms with E-state index in [2.05, 4.69) is 15.0 Å². The molecule has 9 heteroatoms. The van der Waals surface area contributed by atoms with Crippen LogP contribution in [0.5, 0.6) is 0 Å². The maximum Gasteiger partial charge on any atom is 0.339 e. The van der Waals surface area contributed by atoms with Gasteiger partial charge >= 0.3 is 5.97 Å². The topological polar surface area (TPSA) is 114 Å². The number of hydrogen-bond acceptors (Lipinski definition) is 6. The molecule has 1 heterocycles. The number of aryl methyl sites for hydroxylation is 3. The molecule has 0 aliphatic carbocycles. The fraction of sp³-hybridized carbons (Fsp3) is 0.375. The molecule has 8 nitrogen and oxygen atoms in total. The third-order valence-corrected chi connectivity index (χ3v) is 6.65. The molecule has 0 radical (unpaired) electrons. The lowest BCUT2D eigenvalue weighted by molar-refractivity contribution is -0.119. The molecule has 0 unspecified atom stereocenters. The standard InChI is InChI=1S/C24H29N3O5S/c1-16-12-17(2)23(18(3)13-16)24(29)32-15-22(28)26-19-8-7-9-20(14-19)33(30,31)27-21-10-5-4-6-11-25-21/h7-9,12-14H,4-6,10-11,15H2,1-3H3,(H,25,27)(H,26,28). The Labute approximate surface area is 194 Å². The Morgan fingerprint density at radius 3 is 2.48 bits per heavy atom. The second-order valence-corrected chi connectivity index (χ2v) is 9.85. The van der Waals surface area contributed by atoms with Crippen molar-refractivity contribution >= 4 is 33.4 Å². The molecule has 0 saturated carbocycles. The highest BCUT2D eigenvalue weighted by molar-refractivity contribution is 7.90. The van der Waals surface area contributed by atoms with Crippen molar-refractivity contribution in [2.75, 3.05) is 18.5 Å². The number of carbonyl (C=O) groups excluding carboxylic acids is 2. The molecule has 33 heavy (non-hydrogen) atoms. The van der Waals surface area contributed by atoms with Crippen molar-refractivity contribution in [1.29, 1.82) is 0 Å². The summed E-state index contributed by atoms with van der Waals surface area (Å²) in [5.41, 5.74) is 3.32. The first-order valence-electron chi connectivity index (χ1n) is 10.9. The van der Waals surface area contributed by atoms with Crippen molar-refractivity contribution in [3.8, 4) is 0 Å². The van der Waals surface area contributed by atoms with E-state index in [4.69, 9.17) is 4.74 Å². The average molecular weight is 472 g/mol. The van der Waals surface area contributed by atoms with Gasteiger partial charge in [-0.3, -0.25) is 14.5 Å². The van der Waals surface area contributed by atoms with Crippen LogP contribution in [0.1, 0.15) is 52.7 Å². The highest BCUT2D eigenvalue weighted by atomic mass is 32.2. The van der Waals surface area contributed by atoms with Crippen molar-refractivity contribution in [3.05, 3.63) is 58.7 Å². The fourth-order valence-electron chi connectivity index (χ4n) is 3.81. The summed E-state index contributed by atoms with van der Waals surface area (Å²) < 4.78 is 33.2. The molecule has 2 N–H and O–H groups in total. The maximum atomic E-state index is 12.7. The van der Waals surface area contributed by atoms with Gasteiger partial charge in [-0.05, 0) is 62.9 Å². The smallest absolute Gasteiger partial charge is 0.339 e. The summed E-state index contributed by atoms with van der Waals surface area (Å²) >= 11 is 0. The molecule has 2 aromatic carbocycles. The summed E-state index contributed by atoms with van der Waals surface area (Å²) in [6.45, 7) is 5.69. The first-order valence-corrected chi connectivity index (χ1v) is 12.3. The Kier molecular flexibility index (Phi) is 7.86. The first kappa shape index (κ1) is 24.4. The molecule has 1 amide bonds. The predicted molar refractivity (Wildman–Crippen MR) is 127 cm³/mol. The number of aliphatic imine (C=N–C) groups is 1. The molecule has 1 aliphatic rings. The summed E-state index contributed by atoms with van der Waals surface area (Å²) in [7, 11) is -3.83. The van der Waals surface area contributed by atoms with Crippen LogP contribution < -0.4 is 10.0 Å². The van der Waals surface area contributed by atoms with Gasteiger partial charge in [-0.1, -0.05) is 30.2 Å². The number of ether oxygens (including phenoxy) is 1. The van der Waals surface area contributed by atoms with Gasteiger partial charge in [0, 0.05) is 18.7 Å². The van der Waals surface area contributed by atoms with E-state index in [1.807, 2.05) is 32.9 Å². The van der Waals surface area contributed by atoms with Crippen molar-refractivity contribution < 1.29 is 22.7 Å². The van der Waals surface area contributed by atoms with Crippen molar-refractivity contribution in [2.24, 2.45) is 4.99 Å². The van der Waals surface area contributed by atoms with Crippen molar-refractivity contribution in [2.45, 2.75) is 51.3 Å². The van der Waals surface area contributed by atoms with Gasteiger partial charge < -0.3 is 10.1 Å². The van der Waals surface area contributed by atoms with E-state index in [0.717, 1.165) is 36.0 Å². The molecule has 0 spiro atoms. The number of carbonyl (C=O) groups is 2. The molecular formula is C24H29N3O5S. The Morgan fingerprint density at radius 2 is 1.76 bits per heavy atom. The molecule has 2 aromatic rings. The molecule has 176 valence electrons. The maximum absolute atomic E-state index is 12.7. The summed E-state index contributed by atoms with van der Waals surface area (Å²) in [5.74, 6) is -0.693. The molecule has 0 saturated heterocycles. The second kappa shape index (κ2) is 10.6. The van der Waals surface area contributed by atoms with Gasteiger partial charge in [0.1, 0.15) is 5.84 Å². The SMILES string of the molecule is Cc1cc(C)c(C(=O)OCC(=O)Nc2cccc(S(=O)(=O)NC3=NCCCCC3)c2)c(C)c1. The van der Waals surface area contributed by atoms with E-state index in [1.165, 1.54) is 18.2 Å². The third-order valence-electron chi connectivity index (χ3n) is 5.27. The largest absolute Gasteiger partial charge is 0.452 e. The molecule has 0 atom stereocenters. The summed E-state index contributed by atoms with van der Waals surface area (Å²) in [6.07, 6.45) is 3.43. The first-order chi connectivity index (χ1) is 15.7. The number of sulfonamides is 1. The van der Waals surface area contributed by atoms with Crippen molar-refractivity contribution in [1.82, 2.24) is 4.72 Å². The zero-order chi connectivity index (χ0) is 24.0. The van der Waals surface area contributed by atoms with Crippen LogP contribution in [-0.2, 0) is 19.6 Å². The summed E-state index contributed by atoms with van der Waals surface area (Å²) in [6, 6.07) is 9.65. The van der Waals surface area contributed by atoms with Gasteiger partial charge in [0.15, 0.2) is 6.61 Å². The molecule has 0 fully saturated rings. The summed E-state index contributed by atoms with van der Waals surface area (Å²) in [5, 5.41) is 2.57.